The van der Waals surface area contributed by atoms with E-state index in [0.717, 1.165) is 21.4 Å². The molecule has 5 nitrogen and oxygen atoms in total. The van der Waals surface area contributed by atoms with Gasteiger partial charge in [0.1, 0.15) is 0 Å². The highest BCUT2D eigenvalue weighted by atomic mass is 79.9. The Kier molecular flexibility index (Phi) is 5.05. The van der Waals surface area contributed by atoms with E-state index in [1.165, 1.54) is 11.8 Å². The maximum atomic E-state index is 10.7. The average molecular weight is 370 g/mol. The molecule has 0 saturated heterocycles. The Morgan fingerprint density at radius 2 is 2.14 bits per heavy atom. The van der Waals surface area contributed by atoms with Crippen molar-refractivity contribution in [2.75, 3.05) is 5.75 Å². The van der Waals surface area contributed by atoms with Crippen molar-refractivity contribution < 1.29 is 9.90 Å². The van der Waals surface area contributed by atoms with Gasteiger partial charge in [0.25, 0.3) is 0 Å². The second kappa shape index (κ2) is 6.62. The number of rotatable bonds is 5. The van der Waals surface area contributed by atoms with Crippen LogP contribution in [0.3, 0.4) is 0 Å². The minimum atomic E-state index is -0.864. The zero-order valence-corrected chi connectivity index (χ0v) is 14.4. The van der Waals surface area contributed by atoms with Crippen molar-refractivity contribution in [2.45, 2.75) is 32.0 Å². The molecule has 0 amide bonds. The van der Waals surface area contributed by atoms with Crippen LogP contribution in [0.5, 0.6) is 0 Å². The summed E-state index contributed by atoms with van der Waals surface area (Å²) >= 11 is 4.74. The van der Waals surface area contributed by atoms with Crippen molar-refractivity contribution in [2.24, 2.45) is 0 Å². The van der Waals surface area contributed by atoms with Crippen molar-refractivity contribution in [3.05, 3.63) is 28.2 Å². The second-order valence-corrected chi connectivity index (χ2v) is 6.73. The molecule has 0 aliphatic heterocycles. The van der Waals surface area contributed by atoms with Gasteiger partial charge in [0.15, 0.2) is 11.0 Å². The number of carboxylic acid groups (broad SMARTS) is 1. The van der Waals surface area contributed by atoms with E-state index in [1.807, 2.05) is 43.5 Å². The first-order valence-corrected chi connectivity index (χ1v) is 8.24. The van der Waals surface area contributed by atoms with Gasteiger partial charge in [0, 0.05) is 16.1 Å². The number of carboxylic acids is 1. The highest BCUT2D eigenvalue weighted by Gasteiger charge is 2.19. The van der Waals surface area contributed by atoms with Crippen LogP contribution in [-0.4, -0.2) is 31.6 Å². The second-order valence-electron chi connectivity index (χ2n) is 4.94. The molecule has 0 unspecified atom stereocenters. The number of carbonyl (C=O) groups is 1. The van der Waals surface area contributed by atoms with Crippen LogP contribution in [0.2, 0.25) is 0 Å². The van der Waals surface area contributed by atoms with Gasteiger partial charge in [-0.3, -0.25) is 9.36 Å². The third-order valence-electron chi connectivity index (χ3n) is 2.87. The van der Waals surface area contributed by atoms with Crippen molar-refractivity contribution in [1.29, 1.82) is 0 Å². The number of thioether (sulfide) groups is 1. The van der Waals surface area contributed by atoms with Gasteiger partial charge in [-0.1, -0.05) is 33.8 Å². The van der Waals surface area contributed by atoms with Crippen molar-refractivity contribution in [3.63, 3.8) is 0 Å². The molecule has 2 rings (SSSR count). The minimum absolute atomic E-state index is 0.0279. The van der Waals surface area contributed by atoms with Gasteiger partial charge in [-0.15, -0.1) is 10.2 Å². The highest BCUT2D eigenvalue weighted by molar-refractivity contribution is 9.10. The van der Waals surface area contributed by atoms with Gasteiger partial charge in [0.2, 0.25) is 0 Å². The molecule has 1 aromatic heterocycles. The Labute approximate surface area is 135 Å². The number of benzene rings is 1. The molecule has 112 valence electrons. The molecular formula is C14H16BrN3O2S. The zero-order chi connectivity index (χ0) is 15.6. The van der Waals surface area contributed by atoms with E-state index in [-0.39, 0.29) is 11.8 Å². The lowest BCUT2D eigenvalue weighted by molar-refractivity contribution is -0.133. The van der Waals surface area contributed by atoms with Crippen LogP contribution in [-0.2, 0) is 4.79 Å². The van der Waals surface area contributed by atoms with Crippen LogP contribution < -0.4 is 0 Å². The predicted molar refractivity (Wildman–Crippen MR) is 86.6 cm³/mol. The topological polar surface area (TPSA) is 68.0 Å². The predicted octanol–water partition coefficient (Wildman–Crippen LogP) is 3.77. The third-order valence-corrected chi connectivity index (χ3v) is 4.46. The summed E-state index contributed by atoms with van der Waals surface area (Å²) in [4.78, 5) is 10.7. The van der Waals surface area contributed by atoms with Crippen LogP contribution in [0.25, 0.3) is 11.4 Å². The van der Waals surface area contributed by atoms with Crippen LogP contribution >= 0.6 is 27.7 Å². The number of nitrogens with zero attached hydrogens (tertiary/aromatic N) is 3. The summed E-state index contributed by atoms with van der Waals surface area (Å²) in [5.74, 6) is -0.152. The number of aliphatic carboxylic acids is 1. The fourth-order valence-corrected chi connectivity index (χ4v) is 3.41. The number of hydrogen-bond donors (Lipinski definition) is 1. The van der Waals surface area contributed by atoms with Crippen LogP contribution in [0.15, 0.2) is 27.8 Å². The highest BCUT2D eigenvalue weighted by Crippen LogP contribution is 2.32. The molecule has 1 aromatic carbocycles. The molecule has 1 N–H and O–H groups in total. The quantitative estimate of drug-likeness (QED) is 0.812. The first kappa shape index (κ1) is 16.0. The number of aromatic nitrogens is 3. The SMILES string of the molecule is Cc1ccc(-c2nnc(SCC(=O)O)n2C(C)C)c(Br)c1. The zero-order valence-electron chi connectivity index (χ0n) is 12.0. The maximum absolute atomic E-state index is 10.7. The summed E-state index contributed by atoms with van der Waals surface area (Å²) in [6, 6.07) is 6.18. The summed E-state index contributed by atoms with van der Waals surface area (Å²) in [5.41, 5.74) is 2.10. The molecule has 0 aliphatic rings. The van der Waals surface area contributed by atoms with Gasteiger partial charge < -0.3 is 5.11 Å². The van der Waals surface area contributed by atoms with E-state index in [1.54, 1.807) is 0 Å². The fourth-order valence-electron chi connectivity index (χ4n) is 1.95. The first-order valence-electron chi connectivity index (χ1n) is 6.46. The fraction of sp³-hybridized carbons (Fsp3) is 0.357. The van der Waals surface area contributed by atoms with Gasteiger partial charge in [-0.2, -0.15) is 0 Å². The summed E-state index contributed by atoms with van der Waals surface area (Å²) in [7, 11) is 0. The van der Waals surface area contributed by atoms with Gasteiger partial charge in [-0.25, -0.2) is 0 Å². The van der Waals surface area contributed by atoms with E-state index in [0.29, 0.717) is 5.16 Å². The van der Waals surface area contributed by atoms with Crippen LogP contribution in [0.4, 0.5) is 0 Å². The van der Waals surface area contributed by atoms with Crippen molar-refractivity contribution in [3.8, 4) is 11.4 Å². The van der Waals surface area contributed by atoms with E-state index >= 15 is 0 Å². The van der Waals surface area contributed by atoms with Crippen LogP contribution in [0.1, 0.15) is 25.5 Å². The summed E-state index contributed by atoms with van der Waals surface area (Å²) in [5, 5.41) is 17.8. The summed E-state index contributed by atoms with van der Waals surface area (Å²) < 4.78 is 2.91. The lowest BCUT2D eigenvalue weighted by Crippen LogP contribution is -2.07. The lowest BCUT2D eigenvalue weighted by Gasteiger charge is -2.14. The van der Waals surface area contributed by atoms with E-state index < -0.39 is 5.97 Å². The van der Waals surface area contributed by atoms with Gasteiger partial charge in [0.05, 0.1) is 5.75 Å². The molecule has 0 bridgehead atoms. The molecule has 2 aromatic rings. The largest absolute Gasteiger partial charge is 0.481 e. The first-order chi connectivity index (χ1) is 9.90. The Bertz CT molecular complexity index is 670. The molecule has 1 heterocycles. The van der Waals surface area contributed by atoms with Gasteiger partial charge >= 0.3 is 5.97 Å². The summed E-state index contributed by atoms with van der Waals surface area (Å²) in [6.45, 7) is 6.08. The molecule has 0 fully saturated rings. The molecule has 0 radical (unpaired) electrons. The van der Waals surface area contributed by atoms with E-state index in [9.17, 15) is 4.79 Å². The molecule has 0 aliphatic carbocycles. The minimum Gasteiger partial charge on any atom is -0.481 e. The summed E-state index contributed by atoms with van der Waals surface area (Å²) in [6.07, 6.45) is 0. The number of halogens is 1. The number of aryl methyl sites for hydroxylation is 1. The molecule has 7 heteroatoms. The smallest absolute Gasteiger partial charge is 0.313 e. The van der Waals surface area contributed by atoms with Crippen LogP contribution in [0, 0.1) is 6.92 Å². The lowest BCUT2D eigenvalue weighted by atomic mass is 10.1. The van der Waals surface area contributed by atoms with Crippen molar-refractivity contribution in [1.82, 2.24) is 14.8 Å². The Morgan fingerprint density at radius 3 is 2.71 bits per heavy atom. The molecule has 0 saturated carbocycles. The third kappa shape index (κ3) is 3.65. The van der Waals surface area contributed by atoms with Gasteiger partial charge in [-0.05, 0) is 38.5 Å². The molecular weight excluding hydrogens is 354 g/mol. The Balaban J connectivity index is 2.46. The Morgan fingerprint density at radius 1 is 1.43 bits per heavy atom. The monoisotopic (exact) mass is 369 g/mol. The van der Waals surface area contributed by atoms with E-state index in [4.69, 9.17) is 5.11 Å². The van der Waals surface area contributed by atoms with Crippen molar-refractivity contribution >= 4 is 33.7 Å². The Hall–Kier alpha value is -1.34. The maximum Gasteiger partial charge on any atom is 0.313 e. The molecule has 0 spiro atoms. The van der Waals surface area contributed by atoms with E-state index in [2.05, 4.69) is 26.1 Å². The molecule has 0 atom stereocenters. The normalized spacial score (nSPS) is 11.1. The number of hydrogen-bond acceptors (Lipinski definition) is 4. The molecule has 21 heavy (non-hydrogen) atoms. The standard InChI is InChI=1S/C14H16BrN3O2S/c1-8(2)18-13(10-5-4-9(3)6-11(10)15)16-17-14(18)21-7-12(19)20/h4-6,8H,7H2,1-3H3,(H,19,20). The average Bonchev–Trinajstić information content (AvgIpc) is 2.80.